The van der Waals surface area contributed by atoms with Crippen molar-refractivity contribution >= 4 is 51.1 Å². The van der Waals surface area contributed by atoms with Crippen LogP contribution in [0.4, 0.5) is 0 Å². The molecule has 0 aromatic carbocycles. The second kappa shape index (κ2) is 9.62. The predicted molar refractivity (Wildman–Crippen MR) is 22.8 cm³/mol. The molecule has 2 radical (unpaired) electrons. The molecule has 0 N–H and O–H groups in total. The molecule has 0 amide bonds. The molecule has 0 bridgehead atoms. The molecule has 0 spiro atoms. The van der Waals surface area contributed by atoms with Crippen LogP contribution >= 0.6 is 0 Å². The number of rotatable bonds is 0. The van der Waals surface area contributed by atoms with Crippen molar-refractivity contribution in [3.63, 3.8) is 0 Å². The third-order valence-corrected chi connectivity index (χ3v) is 0. The fourth-order valence-corrected chi connectivity index (χ4v) is 0. The van der Waals surface area contributed by atoms with Crippen LogP contribution in [-0.2, 0) is 0 Å². The first kappa shape index (κ1) is 15.7. The molecule has 0 atom stereocenters. The van der Waals surface area contributed by atoms with Gasteiger partial charge in [0, 0.05) is 0 Å². The summed E-state index contributed by atoms with van der Waals surface area (Å²) in [5, 5.41) is 25.2. The molecule has 0 heterocycles. The Labute approximate surface area is 66.0 Å². The zero-order chi connectivity index (χ0) is 3.58. The van der Waals surface area contributed by atoms with Gasteiger partial charge in [-0.15, -0.1) is 0 Å². The van der Waals surface area contributed by atoms with E-state index in [1.165, 1.54) is 0 Å². The van der Waals surface area contributed by atoms with Gasteiger partial charge in [-0.3, -0.25) is 7.32 Å². The van der Waals surface area contributed by atoms with Gasteiger partial charge in [-0.2, -0.15) is 0 Å². The van der Waals surface area contributed by atoms with E-state index in [1.54, 1.807) is 0 Å². The average Bonchev–Trinajstić information content (AvgIpc) is 0.811. The Hall–Kier alpha value is 1.37. The minimum absolute atomic E-state index is 0. The summed E-state index contributed by atoms with van der Waals surface area (Å²) in [7, 11) is -2.92. The molecule has 0 aliphatic carbocycles. The molecule has 3 nitrogen and oxygen atoms in total. The maximum Gasteiger partial charge on any atom is -0.278 e. The van der Waals surface area contributed by atoms with Crippen molar-refractivity contribution in [2.24, 2.45) is 0 Å². The molecule has 0 aliphatic rings. The van der Waals surface area contributed by atoms with Crippen molar-refractivity contribution in [2.45, 2.75) is 0 Å². The molecular formula is H4BBiGeO3. The smallest absolute Gasteiger partial charge is 0.278 e. The van der Waals surface area contributed by atoms with Gasteiger partial charge in [0.2, 0.25) is 0 Å². The average molecular weight is 344 g/mol. The van der Waals surface area contributed by atoms with Crippen molar-refractivity contribution in [1.29, 1.82) is 0 Å². The van der Waals surface area contributed by atoms with Crippen LogP contribution in [0.5, 0.6) is 0 Å². The summed E-state index contributed by atoms with van der Waals surface area (Å²) in [6.45, 7) is 0. The van der Waals surface area contributed by atoms with Gasteiger partial charge < -0.3 is 15.1 Å². The van der Waals surface area contributed by atoms with Crippen molar-refractivity contribution < 1.29 is 15.1 Å². The quantitative estimate of drug-likeness (QED) is 0.411. The third-order valence-electron chi connectivity index (χ3n) is 0. The third kappa shape index (κ3) is 54.6. The maximum absolute atomic E-state index is 8.42. The van der Waals surface area contributed by atoms with E-state index in [1.807, 2.05) is 0 Å². The van der Waals surface area contributed by atoms with E-state index in [4.69, 9.17) is 15.1 Å². The Morgan fingerprint density at radius 2 is 1.00 bits per heavy atom. The molecule has 0 fully saturated rings. The van der Waals surface area contributed by atoms with E-state index in [0.717, 1.165) is 0 Å². The van der Waals surface area contributed by atoms with Crippen LogP contribution < -0.4 is 15.1 Å². The summed E-state index contributed by atoms with van der Waals surface area (Å²) in [6, 6.07) is 0. The Bertz CT molecular complexity index is 15.5. The van der Waals surface area contributed by atoms with Gasteiger partial charge in [0.1, 0.15) is 0 Å². The number of hydrogen-bond acceptors (Lipinski definition) is 3. The molecule has 0 rings (SSSR count). The molecule has 34 valence electrons. The van der Waals surface area contributed by atoms with Gasteiger partial charge in [0.05, 0.1) is 0 Å². The summed E-state index contributed by atoms with van der Waals surface area (Å²) in [5.74, 6) is 0. The van der Waals surface area contributed by atoms with Crippen molar-refractivity contribution in [3.8, 4) is 0 Å². The predicted octanol–water partition coefficient (Wildman–Crippen LogP) is -5.78. The minimum atomic E-state index is -2.92. The van der Waals surface area contributed by atoms with Crippen LogP contribution in [0.25, 0.3) is 0 Å². The largest absolute Gasteiger partial charge is 0.907 e. The summed E-state index contributed by atoms with van der Waals surface area (Å²) in [6.07, 6.45) is 0. The molecule has 0 saturated heterocycles. The minimum Gasteiger partial charge on any atom is -0.907 e. The van der Waals surface area contributed by atoms with E-state index in [0.29, 0.717) is 0 Å². The van der Waals surface area contributed by atoms with Crippen LogP contribution in [0.2, 0.25) is 0 Å². The van der Waals surface area contributed by atoms with Gasteiger partial charge >= 0.3 is 43.8 Å². The van der Waals surface area contributed by atoms with E-state index < -0.39 is 7.32 Å². The van der Waals surface area contributed by atoms with Crippen LogP contribution in [0.1, 0.15) is 0 Å². The van der Waals surface area contributed by atoms with E-state index in [-0.39, 0.29) is 43.8 Å². The Balaban J connectivity index is -0.0000000450. The maximum atomic E-state index is 8.42. The molecular weight excluding hydrogens is 340 g/mol. The van der Waals surface area contributed by atoms with Gasteiger partial charge in [-0.05, 0) is 0 Å². The Morgan fingerprint density at radius 3 is 1.00 bits per heavy atom. The Morgan fingerprint density at radius 1 is 1.00 bits per heavy atom. The molecule has 6 heteroatoms. The van der Waals surface area contributed by atoms with Crippen molar-refractivity contribution in [1.82, 2.24) is 0 Å². The zero-order valence-electron chi connectivity index (χ0n) is 2.25. The van der Waals surface area contributed by atoms with Crippen molar-refractivity contribution in [2.75, 3.05) is 0 Å². The molecule has 0 saturated carbocycles. The first-order valence-electron chi connectivity index (χ1n) is 0.707. The molecule has 0 aliphatic heterocycles. The van der Waals surface area contributed by atoms with Crippen molar-refractivity contribution in [3.05, 3.63) is 0 Å². The summed E-state index contributed by atoms with van der Waals surface area (Å²) < 4.78 is 0. The fourth-order valence-electron chi connectivity index (χ4n) is 0. The Kier molecular flexibility index (Phi) is 25.1. The molecule has 0 aromatic heterocycles. The van der Waals surface area contributed by atoms with E-state index >= 15 is 0 Å². The van der Waals surface area contributed by atoms with Crippen LogP contribution in [0.15, 0.2) is 0 Å². The molecule has 6 heavy (non-hydrogen) atoms. The van der Waals surface area contributed by atoms with Gasteiger partial charge in [-0.1, -0.05) is 0 Å². The number of hydrogen-bond donors (Lipinski definition) is 0. The van der Waals surface area contributed by atoms with Crippen LogP contribution in [0.3, 0.4) is 0 Å². The zero-order valence-corrected chi connectivity index (χ0v) is 5.73. The summed E-state index contributed by atoms with van der Waals surface area (Å²) in [5.41, 5.74) is 0. The fraction of sp³-hybridized carbons (Fsp3) is 0. The van der Waals surface area contributed by atoms with Crippen LogP contribution in [0, 0.1) is 0 Å². The van der Waals surface area contributed by atoms with Gasteiger partial charge in [-0.25, -0.2) is 0 Å². The topological polar surface area (TPSA) is 69.2 Å². The molecule has 0 aromatic rings. The first-order chi connectivity index (χ1) is 1.73. The summed E-state index contributed by atoms with van der Waals surface area (Å²) in [4.78, 5) is 0. The second-order valence-electron chi connectivity index (χ2n) is 0.289. The van der Waals surface area contributed by atoms with E-state index in [2.05, 4.69) is 0 Å². The van der Waals surface area contributed by atoms with Crippen LogP contribution in [-0.4, -0.2) is 51.1 Å². The SMILES string of the molecule is [Bi+3].[GeH4].[O-]B([O-])[O-]. The monoisotopic (exact) mass is 346 g/mol. The second-order valence-corrected chi connectivity index (χ2v) is 0.289. The molecule has 0 unspecified atom stereocenters. The van der Waals surface area contributed by atoms with E-state index in [9.17, 15) is 0 Å². The van der Waals surface area contributed by atoms with Gasteiger partial charge in [0.25, 0.3) is 0 Å². The normalized spacial score (nSPS) is 4.50. The van der Waals surface area contributed by atoms with Gasteiger partial charge in [0.15, 0.2) is 0 Å². The first-order valence-corrected chi connectivity index (χ1v) is 0.707. The summed E-state index contributed by atoms with van der Waals surface area (Å²) >= 11 is 0. The standard InChI is InChI=1S/BO3.Bi.GeH4/c2-1(3)4;;/h;;1H4/q-3;+3;.